The summed E-state index contributed by atoms with van der Waals surface area (Å²) in [6.45, 7) is 5.36. The number of nitrogens with zero attached hydrogens (tertiary/aromatic N) is 1. The van der Waals surface area contributed by atoms with Crippen LogP contribution in [0, 0.1) is 16.6 Å². The van der Waals surface area contributed by atoms with Gasteiger partial charge in [-0.3, -0.25) is 15.1 Å². The Balaban J connectivity index is 1.78. The van der Waals surface area contributed by atoms with E-state index in [9.17, 15) is 23.0 Å². The number of allylic oxidation sites excluding steroid dienone is 2. The molecule has 188 valence electrons. The Kier molecular flexibility index (Phi) is 5.76. The van der Waals surface area contributed by atoms with Crippen LogP contribution in [0.25, 0.3) is 0 Å². The van der Waals surface area contributed by atoms with Gasteiger partial charge in [0.2, 0.25) is 10.0 Å². The fraction of sp³-hybridized carbons (Fsp3) is 0.308. The summed E-state index contributed by atoms with van der Waals surface area (Å²) >= 11 is 0. The van der Waals surface area contributed by atoms with Gasteiger partial charge in [0.05, 0.1) is 4.90 Å². The zero-order valence-corrected chi connectivity index (χ0v) is 20.9. The normalized spacial score (nSPS) is 21.9. The number of hydrogen-bond donors (Lipinski definition) is 4. The number of halogens is 1. The molecular weight excluding hydrogens is 481 g/mol. The van der Waals surface area contributed by atoms with E-state index in [-0.39, 0.29) is 27.7 Å². The Hall–Kier alpha value is -3.50. The maximum atomic E-state index is 13.8. The number of sulfonamides is 1. The van der Waals surface area contributed by atoms with Crippen molar-refractivity contribution in [2.45, 2.75) is 37.5 Å². The number of carbonyl (C=O) groups is 1. The van der Waals surface area contributed by atoms with Crippen LogP contribution in [0.5, 0.6) is 0 Å². The van der Waals surface area contributed by atoms with Crippen LogP contribution in [0.1, 0.15) is 38.2 Å². The lowest BCUT2D eigenvalue weighted by Gasteiger charge is -2.45. The molecule has 2 aromatic carbocycles. The lowest BCUT2D eigenvalue weighted by atomic mass is 9.67. The Bertz CT molecular complexity index is 1420. The molecule has 0 radical (unpaired) electrons. The summed E-state index contributed by atoms with van der Waals surface area (Å²) in [5, 5.41) is 21.2. The average molecular weight is 510 g/mol. The van der Waals surface area contributed by atoms with E-state index in [0.717, 1.165) is 5.56 Å². The summed E-state index contributed by atoms with van der Waals surface area (Å²) in [6, 6.07) is 12.1. The van der Waals surface area contributed by atoms with Crippen molar-refractivity contribution < 1.29 is 17.6 Å². The van der Waals surface area contributed by atoms with Crippen LogP contribution >= 0.6 is 0 Å². The number of amidine groups is 1. The number of ketones is 1. The highest BCUT2D eigenvalue weighted by atomic mass is 32.2. The van der Waals surface area contributed by atoms with Crippen LogP contribution < -0.4 is 20.7 Å². The maximum Gasteiger partial charge on any atom is 0.238 e. The first-order valence-electron chi connectivity index (χ1n) is 11.7. The molecule has 1 aliphatic carbocycles. The third-order valence-electron chi connectivity index (χ3n) is 6.85. The molecule has 0 bridgehead atoms. The lowest BCUT2D eigenvalue weighted by molar-refractivity contribution is -0.118. The van der Waals surface area contributed by atoms with Gasteiger partial charge in [0, 0.05) is 48.0 Å². The van der Waals surface area contributed by atoms with E-state index in [0.29, 0.717) is 54.3 Å². The van der Waals surface area contributed by atoms with Gasteiger partial charge in [0.1, 0.15) is 17.5 Å². The first-order valence-corrected chi connectivity index (χ1v) is 13.3. The fourth-order valence-corrected chi connectivity index (χ4v) is 5.83. The molecule has 2 aromatic rings. The molecular formula is C26H28FN5O3S. The van der Waals surface area contributed by atoms with Gasteiger partial charge in [-0.25, -0.2) is 17.9 Å². The SMILES string of the molecule is CC1(C)CC(=O)C2=C(C1)N(c1ccc(S(N)(=O)=O)cc1)C(=N)C(=C1NCCN1)C2c1ccc(F)cc1. The molecule has 0 saturated carbocycles. The number of primary sulfonamides is 1. The van der Waals surface area contributed by atoms with Gasteiger partial charge in [-0.2, -0.15) is 0 Å². The van der Waals surface area contributed by atoms with E-state index < -0.39 is 15.9 Å². The molecule has 1 saturated heterocycles. The van der Waals surface area contributed by atoms with Crippen molar-refractivity contribution in [2.75, 3.05) is 18.0 Å². The van der Waals surface area contributed by atoms with Crippen LogP contribution in [0.15, 0.2) is 76.1 Å². The van der Waals surface area contributed by atoms with Gasteiger partial charge in [0.25, 0.3) is 0 Å². The third kappa shape index (κ3) is 4.20. The molecule has 3 aliphatic rings. The molecule has 0 aromatic heterocycles. The van der Waals surface area contributed by atoms with Crippen molar-refractivity contribution in [3.05, 3.63) is 82.6 Å². The van der Waals surface area contributed by atoms with Crippen molar-refractivity contribution in [3.8, 4) is 0 Å². The zero-order valence-electron chi connectivity index (χ0n) is 20.1. The molecule has 5 rings (SSSR count). The molecule has 0 spiro atoms. The van der Waals surface area contributed by atoms with E-state index >= 15 is 0 Å². The minimum Gasteiger partial charge on any atom is -0.370 e. The summed E-state index contributed by atoms with van der Waals surface area (Å²) in [7, 11) is -3.88. The van der Waals surface area contributed by atoms with Crippen molar-refractivity contribution >= 4 is 27.3 Å². The second-order valence-corrected chi connectivity index (χ2v) is 11.7. The van der Waals surface area contributed by atoms with Crippen LogP contribution in [-0.2, 0) is 14.8 Å². The third-order valence-corrected chi connectivity index (χ3v) is 7.78. The monoisotopic (exact) mass is 509 g/mol. The van der Waals surface area contributed by atoms with Crippen molar-refractivity contribution in [1.29, 1.82) is 5.41 Å². The van der Waals surface area contributed by atoms with Crippen molar-refractivity contribution in [2.24, 2.45) is 10.6 Å². The minimum absolute atomic E-state index is 0.0228. The van der Waals surface area contributed by atoms with E-state index in [4.69, 9.17) is 5.14 Å². The topological polar surface area (TPSA) is 128 Å². The van der Waals surface area contributed by atoms with E-state index in [1.54, 1.807) is 29.2 Å². The van der Waals surface area contributed by atoms with Gasteiger partial charge in [-0.05, 0) is 53.8 Å². The van der Waals surface area contributed by atoms with Gasteiger partial charge < -0.3 is 10.6 Å². The number of hydrogen-bond acceptors (Lipinski definition) is 6. The molecule has 8 nitrogen and oxygen atoms in total. The Labute approximate surface area is 209 Å². The maximum absolute atomic E-state index is 13.8. The van der Waals surface area contributed by atoms with Crippen molar-refractivity contribution in [3.63, 3.8) is 0 Å². The van der Waals surface area contributed by atoms with Crippen molar-refractivity contribution in [1.82, 2.24) is 10.6 Å². The minimum atomic E-state index is -3.88. The number of benzene rings is 2. The van der Waals surface area contributed by atoms with Gasteiger partial charge in [0.15, 0.2) is 5.78 Å². The van der Waals surface area contributed by atoms with Gasteiger partial charge >= 0.3 is 0 Å². The standard InChI is InChI=1S/C26H28FN5O3S/c1-26(2)13-19-22(20(33)14-26)21(15-3-5-16(27)6-4-15)23(25-30-11-12-31-25)24(28)32(19)17-7-9-18(10-8-17)36(29,34)35/h3-10,21,28,30-31H,11-14H2,1-2H3,(H2,29,34,35). The zero-order chi connectivity index (χ0) is 25.8. The highest BCUT2D eigenvalue weighted by molar-refractivity contribution is 7.89. The van der Waals surface area contributed by atoms with Gasteiger partial charge in [-0.1, -0.05) is 26.0 Å². The number of rotatable bonds is 3. The largest absolute Gasteiger partial charge is 0.370 e. The number of anilines is 1. The molecule has 10 heteroatoms. The van der Waals surface area contributed by atoms with Crippen LogP contribution in [0.2, 0.25) is 0 Å². The predicted molar refractivity (Wildman–Crippen MR) is 135 cm³/mol. The van der Waals surface area contributed by atoms with Crippen LogP contribution in [-0.4, -0.2) is 33.1 Å². The highest BCUT2D eigenvalue weighted by Crippen LogP contribution is 2.50. The van der Waals surface area contributed by atoms with Gasteiger partial charge in [-0.15, -0.1) is 0 Å². The number of carbonyl (C=O) groups excluding carboxylic acids is 1. The Morgan fingerprint density at radius 3 is 2.19 bits per heavy atom. The summed E-state index contributed by atoms with van der Waals surface area (Å²) in [5.74, 6) is -0.133. The number of nitrogens with one attached hydrogen (secondary N) is 3. The molecule has 1 fully saturated rings. The number of nitrogens with two attached hydrogens (primary N) is 1. The summed E-state index contributed by atoms with van der Waals surface area (Å²) in [6.07, 6.45) is 0.882. The second-order valence-electron chi connectivity index (χ2n) is 10.2. The molecule has 2 heterocycles. The van der Waals surface area contributed by atoms with Crippen LogP contribution in [0.4, 0.5) is 10.1 Å². The average Bonchev–Trinajstić information content (AvgIpc) is 3.32. The second kappa shape index (κ2) is 8.56. The molecule has 36 heavy (non-hydrogen) atoms. The smallest absolute Gasteiger partial charge is 0.238 e. The Morgan fingerprint density at radius 1 is 1.00 bits per heavy atom. The molecule has 5 N–H and O–H groups in total. The Morgan fingerprint density at radius 2 is 1.61 bits per heavy atom. The molecule has 1 unspecified atom stereocenters. The van der Waals surface area contributed by atoms with E-state index in [1.807, 2.05) is 13.8 Å². The highest BCUT2D eigenvalue weighted by Gasteiger charge is 2.46. The summed E-state index contributed by atoms with van der Waals surface area (Å²) in [4.78, 5) is 15.4. The van der Waals surface area contributed by atoms with E-state index in [1.165, 1.54) is 24.3 Å². The number of Topliss-reactive ketones (excluding diaryl/α,β-unsaturated/α-hetero) is 1. The lowest BCUT2D eigenvalue weighted by Crippen LogP contribution is -2.46. The predicted octanol–water partition coefficient (Wildman–Crippen LogP) is 3.10. The first kappa shape index (κ1) is 24.2. The van der Waals surface area contributed by atoms with Crippen LogP contribution in [0.3, 0.4) is 0 Å². The first-order chi connectivity index (χ1) is 17.0. The molecule has 1 atom stereocenters. The van der Waals surface area contributed by atoms with E-state index in [2.05, 4.69) is 10.6 Å². The fourth-order valence-electron chi connectivity index (χ4n) is 5.31. The molecule has 2 aliphatic heterocycles. The molecule has 0 amide bonds. The summed E-state index contributed by atoms with van der Waals surface area (Å²) in [5.41, 5.74) is 2.80. The quantitative estimate of drug-likeness (QED) is 0.503. The summed E-state index contributed by atoms with van der Waals surface area (Å²) < 4.78 is 37.4.